The highest BCUT2D eigenvalue weighted by atomic mass is 16.5. The Kier molecular flexibility index (Phi) is 4.05. The van der Waals surface area contributed by atoms with Crippen molar-refractivity contribution in [2.24, 2.45) is 0 Å². The topological polar surface area (TPSA) is 76.0 Å². The first-order valence-electron chi connectivity index (χ1n) is 9.22. The van der Waals surface area contributed by atoms with Crippen molar-refractivity contribution in [1.29, 1.82) is 0 Å². The number of carbonyl (C=O) groups excluding carboxylic acids is 1. The highest BCUT2D eigenvalue weighted by molar-refractivity contribution is 5.98. The average Bonchev–Trinajstić information content (AvgIpc) is 3.33. The maximum absolute atomic E-state index is 12.7. The lowest BCUT2D eigenvalue weighted by atomic mass is 10.1. The van der Waals surface area contributed by atoms with Crippen molar-refractivity contribution >= 4 is 16.8 Å². The molecule has 1 N–H and O–H groups in total. The fourth-order valence-electron chi connectivity index (χ4n) is 3.38. The molecule has 1 fully saturated rings. The Morgan fingerprint density at radius 2 is 1.89 bits per heavy atom. The van der Waals surface area contributed by atoms with Crippen molar-refractivity contribution < 1.29 is 9.53 Å². The number of H-pyrrole nitrogens is 1. The summed E-state index contributed by atoms with van der Waals surface area (Å²) in [7, 11) is 0. The third-order valence-electron chi connectivity index (χ3n) is 4.97. The van der Waals surface area contributed by atoms with Gasteiger partial charge >= 0.3 is 0 Å². The summed E-state index contributed by atoms with van der Waals surface area (Å²) in [6, 6.07) is 19.6. The van der Waals surface area contributed by atoms with Crippen molar-refractivity contribution in [2.75, 3.05) is 13.1 Å². The summed E-state index contributed by atoms with van der Waals surface area (Å²) in [5, 5.41) is 9.41. The van der Waals surface area contributed by atoms with Gasteiger partial charge < -0.3 is 14.6 Å². The zero-order valence-corrected chi connectivity index (χ0v) is 15.2. The van der Waals surface area contributed by atoms with Crippen molar-refractivity contribution in [3.05, 3.63) is 78.2 Å². The number of hydrogen-bond acceptors (Lipinski definition) is 4. The molecule has 7 heteroatoms. The highest BCUT2D eigenvalue weighted by Gasteiger charge is 2.33. The second-order valence-electron chi connectivity index (χ2n) is 6.93. The van der Waals surface area contributed by atoms with Crippen LogP contribution in [0.5, 0.6) is 5.75 Å². The van der Waals surface area contributed by atoms with E-state index in [1.165, 1.54) is 0 Å². The fraction of sp³-hybridized carbons (Fsp3) is 0.190. The molecule has 2 aromatic heterocycles. The number of para-hydroxylation sites is 2. The van der Waals surface area contributed by atoms with Gasteiger partial charge in [0.25, 0.3) is 5.91 Å². The number of nitrogens with zero attached hydrogens (tertiary/aromatic N) is 4. The number of benzene rings is 2. The molecule has 0 unspecified atom stereocenters. The van der Waals surface area contributed by atoms with Gasteiger partial charge in [0, 0.05) is 24.0 Å². The van der Waals surface area contributed by atoms with Gasteiger partial charge in [0.2, 0.25) is 0 Å². The Labute approximate surface area is 161 Å². The minimum Gasteiger partial charge on any atom is -0.487 e. The van der Waals surface area contributed by atoms with Gasteiger partial charge in [0.15, 0.2) is 0 Å². The quantitative estimate of drug-likeness (QED) is 0.583. The predicted octanol–water partition coefficient (Wildman–Crippen LogP) is 3.04. The van der Waals surface area contributed by atoms with Crippen LogP contribution >= 0.6 is 0 Å². The number of ether oxygens (including phenoxy) is 1. The van der Waals surface area contributed by atoms with Crippen LogP contribution in [0.3, 0.4) is 0 Å². The summed E-state index contributed by atoms with van der Waals surface area (Å²) < 4.78 is 7.52. The van der Waals surface area contributed by atoms with Crippen LogP contribution in [0.4, 0.5) is 0 Å². The molecule has 28 heavy (non-hydrogen) atoms. The van der Waals surface area contributed by atoms with Crippen LogP contribution in [0.1, 0.15) is 22.2 Å². The number of amides is 1. The van der Waals surface area contributed by atoms with Crippen molar-refractivity contribution in [1.82, 2.24) is 24.9 Å². The van der Waals surface area contributed by atoms with Gasteiger partial charge in [-0.3, -0.25) is 4.79 Å². The first kappa shape index (κ1) is 16.6. The predicted molar refractivity (Wildman–Crippen MR) is 104 cm³/mol. The maximum Gasteiger partial charge on any atom is 0.270 e. The van der Waals surface area contributed by atoms with E-state index in [0.717, 1.165) is 22.3 Å². The lowest BCUT2D eigenvalue weighted by Crippen LogP contribution is -2.51. The van der Waals surface area contributed by atoms with E-state index in [9.17, 15) is 4.79 Å². The molecule has 2 aromatic carbocycles. The van der Waals surface area contributed by atoms with E-state index in [1.54, 1.807) is 0 Å². The van der Waals surface area contributed by atoms with Crippen LogP contribution in [-0.2, 0) is 6.61 Å². The van der Waals surface area contributed by atoms with Crippen molar-refractivity contribution in [3.8, 4) is 5.75 Å². The molecule has 0 aliphatic carbocycles. The van der Waals surface area contributed by atoms with E-state index >= 15 is 0 Å². The van der Waals surface area contributed by atoms with Crippen molar-refractivity contribution in [2.45, 2.75) is 12.6 Å². The average molecular weight is 373 g/mol. The number of aromatic amines is 1. The summed E-state index contributed by atoms with van der Waals surface area (Å²) >= 11 is 0. The first-order chi connectivity index (χ1) is 13.8. The number of carbonyl (C=O) groups is 1. The van der Waals surface area contributed by atoms with Crippen LogP contribution in [-0.4, -0.2) is 43.9 Å². The number of fused-ring (bicyclic) bond motifs is 1. The second kappa shape index (κ2) is 6.84. The molecular weight excluding hydrogens is 354 g/mol. The number of nitrogens with one attached hydrogen (secondary N) is 1. The SMILES string of the molecule is O=C(c1cc2ccccc2[nH]1)N1CC(n2cc(COc3ccccc3)nn2)C1. The molecule has 3 heterocycles. The third-order valence-corrected chi connectivity index (χ3v) is 4.97. The van der Waals surface area contributed by atoms with Gasteiger partial charge in [-0.05, 0) is 24.3 Å². The minimum absolute atomic E-state index is 0.0141. The third kappa shape index (κ3) is 3.11. The van der Waals surface area contributed by atoms with Gasteiger partial charge in [0.05, 0.1) is 12.2 Å². The smallest absolute Gasteiger partial charge is 0.270 e. The highest BCUT2D eigenvalue weighted by Crippen LogP contribution is 2.24. The van der Waals surface area contributed by atoms with E-state index in [1.807, 2.05) is 76.4 Å². The summed E-state index contributed by atoms with van der Waals surface area (Å²) in [5.74, 6) is 0.816. The molecule has 140 valence electrons. The Morgan fingerprint density at radius 1 is 1.11 bits per heavy atom. The van der Waals surface area contributed by atoms with Gasteiger partial charge in [-0.25, -0.2) is 4.68 Å². The Morgan fingerprint density at radius 3 is 2.71 bits per heavy atom. The first-order valence-corrected chi connectivity index (χ1v) is 9.22. The van der Waals surface area contributed by atoms with E-state index in [2.05, 4.69) is 15.3 Å². The molecule has 1 amide bonds. The van der Waals surface area contributed by atoms with E-state index in [4.69, 9.17) is 4.74 Å². The Bertz CT molecular complexity index is 1080. The number of rotatable bonds is 5. The van der Waals surface area contributed by atoms with E-state index in [-0.39, 0.29) is 11.9 Å². The standard InChI is InChI=1S/C21H19N5O2/c27-21(20-10-15-6-4-5-9-19(15)22-20)25-12-17(13-25)26-11-16(23-24-26)14-28-18-7-2-1-3-8-18/h1-11,17,22H,12-14H2. The van der Waals surface area contributed by atoms with Gasteiger partial charge in [-0.1, -0.05) is 41.6 Å². The number of aromatic nitrogens is 4. The van der Waals surface area contributed by atoms with Crippen LogP contribution < -0.4 is 4.74 Å². The zero-order valence-electron chi connectivity index (χ0n) is 15.2. The van der Waals surface area contributed by atoms with Crippen molar-refractivity contribution in [3.63, 3.8) is 0 Å². The lowest BCUT2D eigenvalue weighted by molar-refractivity contribution is 0.0493. The van der Waals surface area contributed by atoms with Gasteiger partial charge in [-0.15, -0.1) is 5.10 Å². The normalized spacial score (nSPS) is 14.2. The Hall–Kier alpha value is -3.61. The van der Waals surface area contributed by atoms with E-state index in [0.29, 0.717) is 25.4 Å². The largest absolute Gasteiger partial charge is 0.487 e. The van der Waals surface area contributed by atoms with Gasteiger partial charge in [0.1, 0.15) is 23.7 Å². The lowest BCUT2D eigenvalue weighted by Gasteiger charge is -2.38. The molecule has 1 aliphatic rings. The molecule has 0 bridgehead atoms. The minimum atomic E-state index is 0.0141. The maximum atomic E-state index is 12.7. The molecule has 0 spiro atoms. The monoisotopic (exact) mass is 373 g/mol. The molecule has 0 saturated carbocycles. The molecule has 0 atom stereocenters. The molecule has 1 saturated heterocycles. The number of hydrogen-bond donors (Lipinski definition) is 1. The number of likely N-dealkylation sites (tertiary alicyclic amines) is 1. The van der Waals surface area contributed by atoms with Crippen LogP contribution in [0.2, 0.25) is 0 Å². The molecular formula is C21H19N5O2. The molecule has 1 aliphatic heterocycles. The summed E-state index contributed by atoms with van der Waals surface area (Å²) in [4.78, 5) is 17.7. The van der Waals surface area contributed by atoms with Crippen LogP contribution in [0.15, 0.2) is 66.9 Å². The molecule has 7 nitrogen and oxygen atoms in total. The van der Waals surface area contributed by atoms with E-state index < -0.39 is 0 Å². The Balaban J connectivity index is 1.19. The fourth-order valence-corrected chi connectivity index (χ4v) is 3.38. The van der Waals surface area contributed by atoms with Gasteiger partial charge in [-0.2, -0.15) is 0 Å². The summed E-state index contributed by atoms with van der Waals surface area (Å²) in [5.41, 5.74) is 2.36. The summed E-state index contributed by atoms with van der Waals surface area (Å²) in [6.07, 6.45) is 1.89. The molecule has 0 radical (unpaired) electrons. The zero-order chi connectivity index (χ0) is 18.9. The van der Waals surface area contributed by atoms with Crippen LogP contribution in [0.25, 0.3) is 10.9 Å². The molecule has 5 rings (SSSR count). The molecule has 4 aromatic rings. The second-order valence-corrected chi connectivity index (χ2v) is 6.93. The van der Waals surface area contributed by atoms with Crippen LogP contribution in [0, 0.1) is 0 Å². The summed E-state index contributed by atoms with van der Waals surface area (Å²) in [6.45, 7) is 1.61.